The van der Waals surface area contributed by atoms with Crippen LogP contribution in [0.4, 0.5) is 4.39 Å². The van der Waals surface area contributed by atoms with Crippen LogP contribution in [0, 0.1) is 17.2 Å². The molecule has 3 atom stereocenters. The lowest BCUT2D eigenvalue weighted by atomic mass is 9.88. The number of carbonyl (C=O) groups is 3. The van der Waals surface area contributed by atoms with Crippen LogP contribution in [0.2, 0.25) is 0 Å². The normalized spacial score (nSPS) is 24.0. The molecule has 3 rings (SSSR count). The van der Waals surface area contributed by atoms with E-state index in [1.807, 2.05) is 13.8 Å². The number of alkyl halides is 1. The van der Waals surface area contributed by atoms with E-state index < -0.39 is 11.2 Å². The summed E-state index contributed by atoms with van der Waals surface area (Å²) in [6.07, 6.45) is 5.02. The standard InChI is InChI=1S/C24H33ClFN3O3/c1-24(2,15-25)23(32)29-13-5-6-17(14-29)22(31)28-20-8-4-3-7-19(20)27-21(30)16-9-11-18(26)12-10-16/h9-12,17,19-20H,3-8,13-15H2,1-2H3,(H,27,30)(H,28,31)/t17-,19-,20-/m1/s1. The molecule has 1 aromatic carbocycles. The third-order valence-corrected chi connectivity index (χ3v) is 7.18. The minimum Gasteiger partial charge on any atom is -0.351 e. The Morgan fingerprint density at radius 1 is 1.03 bits per heavy atom. The predicted octanol–water partition coefficient (Wildman–Crippen LogP) is 3.49. The minimum atomic E-state index is -0.654. The van der Waals surface area contributed by atoms with Crippen molar-refractivity contribution in [3.05, 3.63) is 35.6 Å². The van der Waals surface area contributed by atoms with Gasteiger partial charge < -0.3 is 15.5 Å². The van der Waals surface area contributed by atoms with Crippen molar-refractivity contribution < 1.29 is 18.8 Å². The molecule has 0 unspecified atom stereocenters. The maximum absolute atomic E-state index is 13.1. The molecule has 176 valence electrons. The number of halogens is 2. The van der Waals surface area contributed by atoms with Crippen LogP contribution in [-0.4, -0.2) is 53.7 Å². The Balaban J connectivity index is 1.60. The highest BCUT2D eigenvalue weighted by Crippen LogP contribution is 2.26. The molecule has 1 saturated carbocycles. The lowest BCUT2D eigenvalue weighted by Crippen LogP contribution is -2.56. The van der Waals surface area contributed by atoms with Gasteiger partial charge in [-0.3, -0.25) is 14.4 Å². The zero-order chi connectivity index (χ0) is 23.3. The van der Waals surface area contributed by atoms with Crippen molar-refractivity contribution in [2.24, 2.45) is 11.3 Å². The smallest absolute Gasteiger partial charge is 0.251 e. The van der Waals surface area contributed by atoms with Crippen molar-refractivity contribution in [3.8, 4) is 0 Å². The quantitative estimate of drug-likeness (QED) is 0.631. The Morgan fingerprint density at radius 2 is 1.66 bits per heavy atom. The Labute approximate surface area is 194 Å². The van der Waals surface area contributed by atoms with Gasteiger partial charge in [0.15, 0.2) is 0 Å². The van der Waals surface area contributed by atoms with Crippen LogP contribution < -0.4 is 10.6 Å². The van der Waals surface area contributed by atoms with E-state index in [0.717, 1.165) is 38.5 Å². The molecule has 1 aliphatic heterocycles. The summed E-state index contributed by atoms with van der Waals surface area (Å²) >= 11 is 5.96. The van der Waals surface area contributed by atoms with Gasteiger partial charge in [0, 0.05) is 36.6 Å². The zero-order valence-corrected chi connectivity index (χ0v) is 19.6. The SMILES string of the molecule is CC(C)(CCl)C(=O)N1CCC[C@@H](C(=O)N[C@@H]2CCCC[C@H]2NC(=O)c2ccc(F)cc2)C1. The summed E-state index contributed by atoms with van der Waals surface area (Å²) in [6.45, 7) is 4.68. The summed E-state index contributed by atoms with van der Waals surface area (Å²) in [5.41, 5.74) is -0.260. The van der Waals surface area contributed by atoms with E-state index >= 15 is 0 Å². The van der Waals surface area contributed by atoms with Gasteiger partial charge in [-0.15, -0.1) is 11.6 Å². The number of piperidine rings is 1. The highest BCUT2D eigenvalue weighted by Gasteiger charge is 2.37. The molecule has 8 heteroatoms. The van der Waals surface area contributed by atoms with Crippen LogP contribution in [-0.2, 0) is 9.59 Å². The molecule has 0 radical (unpaired) electrons. The van der Waals surface area contributed by atoms with Gasteiger partial charge in [0.1, 0.15) is 5.82 Å². The van der Waals surface area contributed by atoms with Crippen molar-refractivity contribution in [1.29, 1.82) is 0 Å². The molecule has 6 nitrogen and oxygen atoms in total. The molecule has 32 heavy (non-hydrogen) atoms. The van der Waals surface area contributed by atoms with Gasteiger partial charge in [-0.25, -0.2) is 4.39 Å². The maximum atomic E-state index is 13.1. The second-order valence-electron chi connectivity index (χ2n) is 9.59. The third-order valence-electron chi connectivity index (χ3n) is 6.51. The highest BCUT2D eigenvalue weighted by atomic mass is 35.5. The van der Waals surface area contributed by atoms with Crippen LogP contribution in [0.3, 0.4) is 0 Å². The minimum absolute atomic E-state index is 0.0212. The first-order valence-electron chi connectivity index (χ1n) is 11.4. The predicted molar refractivity (Wildman–Crippen MR) is 122 cm³/mol. The summed E-state index contributed by atoms with van der Waals surface area (Å²) < 4.78 is 13.1. The van der Waals surface area contributed by atoms with Crippen LogP contribution in [0.15, 0.2) is 24.3 Å². The van der Waals surface area contributed by atoms with Crippen molar-refractivity contribution in [2.45, 2.75) is 64.5 Å². The van der Waals surface area contributed by atoms with Gasteiger partial charge in [-0.1, -0.05) is 12.8 Å². The van der Waals surface area contributed by atoms with Gasteiger partial charge in [0.05, 0.1) is 11.3 Å². The number of likely N-dealkylation sites (tertiary alicyclic amines) is 1. The van der Waals surface area contributed by atoms with Crippen molar-refractivity contribution in [2.75, 3.05) is 19.0 Å². The average Bonchev–Trinajstić information content (AvgIpc) is 2.80. The molecule has 2 N–H and O–H groups in total. The maximum Gasteiger partial charge on any atom is 0.251 e. The largest absolute Gasteiger partial charge is 0.351 e. The van der Waals surface area contributed by atoms with E-state index in [2.05, 4.69) is 10.6 Å². The topological polar surface area (TPSA) is 78.5 Å². The van der Waals surface area contributed by atoms with E-state index in [4.69, 9.17) is 11.6 Å². The molecule has 0 aromatic heterocycles. The first-order valence-corrected chi connectivity index (χ1v) is 12.0. The molecular weight excluding hydrogens is 433 g/mol. The van der Waals surface area contributed by atoms with Crippen LogP contribution >= 0.6 is 11.6 Å². The van der Waals surface area contributed by atoms with Crippen LogP contribution in [0.25, 0.3) is 0 Å². The van der Waals surface area contributed by atoms with Gasteiger partial charge >= 0.3 is 0 Å². The Bertz CT molecular complexity index is 830. The van der Waals surface area contributed by atoms with Gasteiger partial charge in [0.2, 0.25) is 11.8 Å². The molecule has 1 saturated heterocycles. The van der Waals surface area contributed by atoms with Gasteiger partial charge in [-0.05, 0) is 63.8 Å². The van der Waals surface area contributed by atoms with E-state index in [1.165, 1.54) is 24.3 Å². The Kier molecular flexibility index (Phi) is 8.15. The monoisotopic (exact) mass is 465 g/mol. The molecule has 0 spiro atoms. The van der Waals surface area contributed by atoms with E-state index in [1.54, 1.807) is 4.90 Å². The Hall–Kier alpha value is -2.15. The number of hydrogen-bond donors (Lipinski definition) is 2. The molecule has 2 aliphatic rings. The van der Waals surface area contributed by atoms with Gasteiger partial charge in [-0.2, -0.15) is 0 Å². The molecule has 3 amide bonds. The number of carbonyl (C=O) groups excluding carboxylic acids is 3. The second kappa shape index (κ2) is 10.6. The fourth-order valence-electron chi connectivity index (χ4n) is 4.49. The van der Waals surface area contributed by atoms with Crippen molar-refractivity contribution in [3.63, 3.8) is 0 Å². The summed E-state index contributed by atoms with van der Waals surface area (Å²) in [5.74, 6) is -0.787. The van der Waals surface area contributed by atoms with E-state index in [9.17, 15) is 18.8 Å². The van der Waals surface area contributed by atoms with Crippen LogP contribution in [0.5, 0.6) is 0 Å². The first-order chi connectivity index (χ1) is 15.2. The van der Waals surface area contributed by atoms with Crippen molar-refractivity contribution in [1.82, 2.24) is 15.5 Å². The second-order valence-corrected chi connectivity index (χ2v) is 9.86. The average molecular weight is 466 g/mol. The number of hydrogen-bond acceptors (Lipinski definition) is 3. The summed E-state index contributed by atoms with van der Waals surface area (Å²) in [5, 5.41) is 6.15. The van der Waals surface area contributed by atoms with E-state index in [-0.39, 0.29) is 41.6 Å². The number of rotatable bonds is 6. The molecule has 0 bridgehead atoms. The summed E-state index contributed by atoms with van der Waals surface area (Å²) in [7, 11) is 0. The summed E-state index contributed by atoms with van der Waals surface area (Å²) in [4.78, 5) is 40.2. The fourth-order valence-corrected chi connectivity index (χ4v) is 4.61. The van der Waals surface area contributed by atoms with E-state index in [0.29, 0.717) is 18.7 Å². The molecule has 2 fully saturated rings. The summed E-state index contributed by atoms with van der Waals surface area (Å²) in [6, 6.07) is 5.09. The molecule has 1 aromatic rings. The third kappa shape index (κ3) is 6.00. The zero-order valence-electron chi connectivity index (χ0n) is 18.8. The lowest BCUT2D eigenvalue weighted by molar-refractivity contribution is -0.142. The molecule has 1 heterocycles. The van der Waals surface area contributed by atoms with Gasteiger partial charge in [0.25, 0.3) is 5.91 Å². The number of benzene rings is 1. The highest BCUT2D eigenvalue weighted by molar-refractivity contribution is 6.19. The fraction of sp³-hybridized carbons (Fsp3) is 0.625. The first kappa shape index (κ1) is 24.5. The molecule has 1 aliphatic carbocycles. The van der Waals surface area contributed by atoms with Crippen molar-refractivity contribution >= 4 is 29.3 Å². The number of nitrogens with zero attached hydrogens (tertiary/aromatic N) is 1. The molecular formula is C24H33ClFN3O3. The Morgan fingerprint density at radius 3 is 2.28 bits per heavy atom. The van der Waals surface area contributed by atoms with Crippen LogP contribution in [0.1, 0.15) is 62.7 Å². The number of amides is 3. The number of nitrogens with one attached hydrogen (secondary N) is 2. The lowest BCUT2D eigenvalue weighted by Gasteiger charge is -2.38.